The number of esters is 1. The number of carbonyl (C=O) groups excluding carboxylic acids is 3. The van der Waals surface area contributed by atoms with Gasteiger partial charge in [-0.1, -0.05) is 44.2 Å². The number of amides is 2. The van der Waals surface area contributed by atoms with Crippen LogP contribution < -0.4 is 5.32 Å². The van der Waals surface area contributed by atoms with Gasteiger partial charge in [0.2, 0.25) is 10.0 Å². The van der Waals surface area contributed by atoms with Crippen LogP contribution in [0.1, 0.15) is 29.8 Å². The molecule has 0 spiro atoms. The van der Waals surface area contributed by atoms with Gasteiger partial charge in [0.15, 0.2) is 6.61 Å². The summed E-state index contributed by atoms with van der Waals surface area (Å²) in [5.74, 6) is -1.69. The first-order valence-electron chi connectivity index (χ1n) is 10.5. The second-order valence-electron chi connectivity index (χ2n) is 7.19. The van der Waals surface area contributed by atoms with Crippen molar-refractivity contribution in [1.29, 1.82) is 0 Å². The van der Waals surface area contributed by atoms with Gasteiger partial charge in [-0.15, -0.1) is 0 Å². The molecule has 0 atom stereocenters. The highest BCUT2D eigenvalue weighted by Crippen LogP contribution is 2.16. The lowest BCUT2D eigenvalue weighted by molar-refractivity contribution is -0.150. The first kappa shape index (κ1) is 26.0. The highest BCUT2D eigenvalue weighted by molar-refractivity contribution is 7.89. The Balaban J connectivity index is 1.81. The molecule has 1 N–H and O–H groups in total. The van der Waals surface area contributed by atoms with E-state index < -0.39 is 35.1 Å². The van der Waals surface area contributed by atoms with Crippen molar-refractivity contribution in [2.24, 2.45) is 0 Å². The Morgan fingerprint density at radius 3 is 2.12 bits per heavy atom. The number of likely N-dealkylation sites (N-methyl/N-ethyl adjacent to an activating group) is 1. The molecule has 0 aliphatic heterocycles. The first-order valence-corrected chi connectivity index (χ1v) is 11.9. The Morgan fingerprint density at radius 2 is 1.55 bits per heavy atom. The van der Waals surface area contributed by atoms with Gasteiger partial charge in [0.1, 0.15) is 6.54 Å². The molecule has 2 aromatic rings. The van der Waals surface area contributed by atoms with Crippen molar-refractivity contribution >= 4 is 27.8 Å². The Morgan fingerprint density at radius 1 is 0.939 bits per heavy atom. The summed E-state index contributed by atoms with van der Waals surface area (Å²) in [6.45, 7) is 3.70. The van der Waals surface area contributed by atoms with Crippen LogP contribution in [-0.4, -0.2) is 68.7 Å². The molecular weight excluding hydrogens is 446 g/mol. The number of hydrogen-bond acceptors (Lipinski definition) is 6. The maximum Gasteiger partial charge on any atom is 0.325 e. The summed E-state index contributed by atoms with van der Waals surface area (Å²) >= 11 is 0. The van der Waals surface area contributed by atoms with Gasteiger partial charge < -0.3 is 15.0 Å². The molecule has 0 aliphatic carbocycles. The molecule has 2 rings (SSSR count). The van der Waals surface area contributed by atoms with Gasteiger partial charge in [0.05, 0.1) is 4.90 Å². The molecule has 0 aromatic heterocycles. The van der Waals surface area contributed by atoms with E-state index >= 15 is 0 Å². The van der Waals surface area contributed by atoms with Crippen LogP contribution in [0.15, 0.2) is 59.5 Å². The number of rotatable bonds is 11. The highest BCUT2D eigenvalue weighted by Gasteiger charge is 2.22. The van der Waals surface area contributed by atoms with Crippen LogP contribution in [0.5, 0.6) is 0 Å². The number of sulfonamides is 1. The summed E-state index contributed by atoms with van der Waals surface area (Å²) in [4.78, 5) is 37.8. The van der Waals surface area contributed by atoms with Gasteiger partial charge in [-0.3, -0.25) is 14.4 Å². The molecule has 0 saturated carbocycles. The van der Waals surface area contributed by atoms with Crippen LogP contribution in [0.3, 0.4) is 0 Å². The van der Waals surface area contributed by atoms with Crippen molar-refractivity contribution < 1.29 is 27.5 Å². The zero-order chi connectivity index (χ0) is 24.4. The van der Waals surface area contributed by atoms with E-state index in [1.165, 1.54) is 33.5 Å². The molecule has 0 heterocycles. The highest BCUT2D eigenvalue weighted by atomic mass is 32.2. The van der Waals surface area contributed by atoms with Crippen LogP contribution in [0, 0.1) is 0 Å². The monoisotopic (exact) mass is 475 g/mol. The SMILES string of the molecule is CCN(CC)S(=O)(=O)c1ccc(C(=O)NCC(=O)OCC(=O)N(C)Cc2ccccc2)cc1. The van der Waals surface area contributed by atoms with Gasteiger partial charge >= 0.3 is 5.97 Å². The molecule has 0 bridgehead atoms. The Hall–Kier alpha value is -3.24. The standard InChI is InChI=1S/C23H29N3O6S/c1-4-26(5-2)33(30,31)20-13-11-19(12-14-20)23(29)24-15-22(28)32-17-21(27)25(3)16-18-9-7-6-8-10-18/h6-14H,4-5,15-17H2,1-3H3,(H,24,29). The zero-order valence-corrected chi connectivity index (χ0v) is 19.8. The van der Waals surface area contributed by atoms with Crippen LogP contribution in [-0.2, 0) is 30.9 Å². The molecule has 0 saturated heterocycles. The third-order valence-corrected chi connectivity index (χ3v) is 6.96. The minimum Gasteiger partial charge on any atom is -0.454 e. The van der Waals surface area contributed by atoms with Crippen molar-refractivity contribution in [3.63, 3.8) is 0 Å². The van der Waals surface area contributed by atoms with Crippen molar-refractivity contribution in [2.45, 2.75) is 25.3 Å². The Kier molecular flexibility index (Phi) is 9.56. The fraction of sp³-hybridized carbons (Fsp3) is 0.348. The predicted molar refractivity (Wildman–Crippen MR) is 123 cm³/mol. The lowest BCUT2D eigenvalue weighted by atomic mass is 10.2. The summed E-state index contributed by atoms with van der Waals surface area (Å²) in [5, 5.41) is 2.40. The summed E-state index contributed by atoms with van der Waals surface area (Å²) in [5.41, 5.74) is 1.14. The molecule has 2 amide bonds. The lowest BCUT2D eigenvalue weighted by Crippen LogP contribution is -2.34. The number of ether oxygens (including phenoxy) is 1. The summed E-state index contributed by atoms with van der Waals surface area (Å²) in [6, 6.07) is 14.8. The average molecular weight is 476 g/mol. The molecule has 0 unspecified atom stereocenters. The van der Waals surface area contributed by atoms with E-state index in [4.69, 9.17) is 4.74 Å². The maximum atomic E-state index is 12.5. The van der Waals surface area contributed by atoms with E-state index in [0.717, 1.165) is 5.56 Å². The lowest BCUT2D eigenvalue weighted by Gasteiger charge is -2.18. The zero-order valence-electron chi connectivity index (χ0n) is 19.0. The molecule has 2 aromatic carbocycles. The fourth-order valence-electron chi connectivity index (χ4n) is 2.99. The van der Waals surface area contributed by atoms with Crippen molar-refractivity contribution in [2.75, 3.05) is 33.3 Å². The van der Waals surface area contributed by atoms with Crippen LogP contribution in [0.4, 0.5) is 0 Å². The van der Waals surface area contributed by atoms with E-state index in [2.05, 4.69) is 5.32 Å². The topological polar surface area (TPSA) is 113 Å². The molecular formula is C23H29N3O6S. The Labute approximate surface area is 194 Å². The van der Waals surface area contributed by atoms with Gasteiger partial charge in [0.25, 0.3) is 11.8 Å². The van der Waals surface area contributed by atoms with Crippen LogP contribution >= 0.6 is 0 Å². The number of benzene rings is 2. The minimum absolute atomic E-state index is 0.0836. The normalized spacial score (nSPS) is 11.2. The quantitative estimate of drug-likeness (QED) is 0.495. The van der Waals surface area contributed by atoms with Gasteiger partial charge in [-0.25, -0.2) is 8.42 Å². The number of nitrogens with zero attached hydrogens (tertiary/aromatic N) is 2. The van der Waals surface area contributed by atoms with Crippen molar-refractivity contribution in [3.8, 4) is 0 Å². The molecule has 178 valence electrons. The molecule has 10 heteroatoms. The third-order valence-electron chi connectivity index (χ3n) is 4.90. The number of carbonyl (C=O) groups is 3. The van der Waals surface area contributed by atoms with Crippen LogP contribution in [0.2, 0.25) is 0 Å². The number of hydrogen-bond donors (Lipinski definition) is 1. The minimum atomic E-state index is -3.62. The second-order valence-corrected chi connectivity index (χ2v) is 9.13. The van der Waals surface area contributed by atoms with Crippen molar-refractivity contribution in [3.05, 3.63) is 65.7 Å². The van der Waals surface area contributed by atoms with Gasteiger partial charge in [0, 0.05) is 32.2 Å². The predicted octanol–water partition coefficient (Wildman–Crippen LogP) is 1.65. The van der Waals surface area contributed by atoms with E-state index in [1.54, 1.807) is 20.9 Å². The largest absolute Gasteiger partial charge is 0.454 e. The summed E-state index contributed by atoms with van der Waals surface area (Å²) in [7, 11) is -2.01. The first-order chi connectivity index (χ1) is 15.7. The Bertz CT molecular complexity index is 1050. The molecule has 9 nitrogen and oxygen atoms in total. The average Bonchev–Trinajstić information content (AvgIpc) is 2.82. The molecule has 33 heavy (non-hydrogen) atoms. The van der Waals surface area contributed by atoms with E-state index in [0.29, 0.717) is 19.6 Å². The molecule has 0 radical (unpaired) electrons. The number of nitrogens with one attached hydrogen (secondary N) is 1. The summed E-state index contributed by atoms with van der Waals surface area (Å²) in [6.07, 6.45) is 0. The van der Waals surface area contributed by atoms with E-state index in [9.17, 15) is 22.8 Å². The summed E-state index contributed by atoms with van der Waals surface area (Å²) < 4.78 is 31.3. The van der Waals surface area contributed by atoms with Crippen LogP contribution in [0.25, 0.3) is 0 Å². The fourth-order valence-corrected chi connectivity index (χ4v) is 4.45. The molecule has 0 fully saturated rings. The van der Waals surface area contributed by atoms with Gasteiger partial charge in [-0.2, -0.15) is 4.31 Å². The third kappa shape index (κ3) is 7.40. The molecule has 0 aliphatic rings. The van der Waals surface area contributed by atoms with E-state index in [1.807, 2.05) is 30.3 Å². The van der Waals surface area contributed by atoms with Gasteiger partial charge in [-0.05, 0) is 29.8 Å². The second kappa shape index (κ2) is 12.1. The smallest absolute Gasteiger partial charge is 0.325 e. The maximum absolute atomic E-state index is 12.5. The van der Waals surface area contributed by atoms with Crippen molar-refractivity contribution in [1.82, 2.24) is 14.5 Å². The van der Waals surface area contributed by atoms with E-state index in [-0.39, 0.29) is 16.4 Å².